The second-order valence-electron chi connectivity index (χ2n) is 5.81. The Labute approximate surface area is 135 Å². The molecule has 1 aromatic rings. The maximum Gasteiger partial charge on any atom is 0.279 e. The molecule has 0 spiro atoms. The summed E-state index contributed by atoms with van der Waals surface area (Å²) in [4.78, 5) is 0. The van der Waals surface area contributed by atoms with Gasteiger partial charge in [-0.1, -0.05) is 25.3 Å². The molecule has 23 heavy (non-hydrogen) atoms. The number of aliphatic hydroxyl groups is 1. The van der Waals surface area contributed by atoms with Gasteiger partial charge in [-0.05, 0) is 25.0 Å². The Kier molecular flexibility index (Phi) is 6.07. The lowest BCUT2D eigenvalue weighted by molar-refractivity contribution is 0.170. The zero-order valence-electron chi connectivity index (χ0n) is 13.0. The molecule has 0 saturated heterocycles. The van der Waals surface area contributed by atoms with Crippen LogP contribution in [0, 0.1) is 11.6 Å². The van der Waals surface area contributed by atoms with Gasteiger partial charge in [0.05, 0.1) is 11.7 Å². The first-order valence-electron chi connectivity index (χ1n) is 7.67. The van der Waals surface area contributed by atoms with Crippen molar-refractivity contribution in [2.24, 2.45) is 0 Å². The molecule has 5 nitrogen and oxygen atoms in total. The van der Waals surface area contributed by atoms with Crippen molar-refractivity contribution in [1.29, 1.82) is 0 Å². The Bertz CT molecular complexity index is 613. The minimum Gasteiger partial charge on any atom is -0.387 e. The number of hydrogen-bond donors (Lipinski definition) is 2. The molecular weight excluding hydrogens is 326 g/mol. The Morgan fingerprint density at radius 1 is 1.26 bits per heavy atom. The molecule has 8 heteroatoms. The zero-order valence-corrected chi connectivity index (χ0v) is 13.8. The summed E-state index contributed by atoms with van der Waals surface area (Å²) in [6.45, 7) is -0.489. The number of benzene rings is 1. The molecule has 1 aromatic carbocycles. The van der Waals surface area contributed by atoms with E-state index in [2.05, 4.69) is 4.72 Å². The Balaban J connectivity index is 2.01. The quantitative estimate of drug-likeness (QED) is 0.827. The predicted molar refractivity (Wildman–Crippen MR) is 82.9 cm³/mol. The van der Waals surface area contributed by atoms with Crippen LogP contribution in [0.4, 0.5) is 8.78 Å². The minimum atomic E-state index is -3.81. The van der Waals surface area contributed by atoms with Gasteiger partial charge in [-0.3, -0.25) is 0 Å². The van der Waals surface area contributed by atoms with E-state index >= 15 is 0 Å². The van der Waals surface area contributed by atoms with Gasteiger partial charge in [-0.25, -0.2) is 8.78 Å². The SMILES string of the molecule is CN(C1CCCCC1)S(=O)(=O)NCC(O)c1c(F)cccc1F. The lowest BCUT2D eigenvalue weighted by Crippen LogP contribution is -2.46. The first kappa shape index (κ1) is 18.3. The van der Waals surface area contributed by atoms with E-state index in [0.29, 0.717) is 0 Å². The fourth-order valence-corrected chi connectivity index (χ4v) is 4.03. The molecule has 1 fully saturated rings. The third-order valence-electron chi connectivity index (χ3n) is 4.26. The van der Waals surface area contributed by atoms with Crippen LogP contribution in [0.15, 0.2) is 18.2 Å². The second-order valence-corrected chi connectivity index (χ2v) is 7.63. The first-order chi connectivity index (χ1) is 10.8. The minimum absolute atomic E-state index is 0.0800. The molecule has 0 aromatic heterocycles. The van der Waals surface area contributed by atoms with Crippen LogP contribution in [0.2, 0.25) is 0 Å². The van der Waals surface area contributed by atoms with E-state index in [4.69, 9.17) is 0 Å². The molecule has 1 atom stereocenters. The topological polar surface area (TPSA) is 69.6 Å². The van der Waals surface area contributed by atoms with Gasteiger partial charge in [0.15, 0.2) is 0 Å². The van der Waals surface area contributed by atoms with Gasteiger partial charge in [-0.15, -0.1) is 0 Å². The molecule has 2 N–H and O–H groups in total. The van der Waals surface area contributed by atoms with Gasteiger partial charge in [-0.2, -0.15) is 17.4 Å². The molecule has 2 rings (SSSR count). The maximum absolute atomic E-state index is 13.6. The number of nitrogens with one attached hydrogen (secondary N) is 1. The van der Waals surface area contributed by atoms with E-state index in [1.54, 1.807) is 0 Å². The largest absolute Gasteiger partial charge is 0.387 e. The summed E-state index contributed by atoms with van der Waals surface area (Å²) >= 11 is 0. The standard InChI is InChI=1S/C15H22F2N2O3S/c1-19(11-6-3-2-4-7-11)23(21,22)18-10-14(20)15-12(16)8-5-9-13(15)17/h5,8-9,11,14,18,20H,2-4,6-7,10H2,1H3. The van der Waals surface area contributed by atoms with Crippen LogP contribution in [-0.2, 0) is 10.2 Å². The number of halogens is 2. The van der Waals surface area contributed by atoms with Crippen LogP contribution < -0.4 is 4.72 Å². The highest BCUT2D eigenvalue weighted by Crippen LogP contribution is 2.24. The predicted octanol–water partition coefficient (Wildman–Crippen LogP) is 2.10. The van der Waals surface area contributed by atoms with Gasteiger partial charge in [0.1, 0.15) is 11.6 Å². The second kappa shape index (κ2) is 7.65. The number of aliphatic hydroxyl groups excluding tert-OH is 1. The summed E-state index contributed by atoms with van der Waals surface area (Å²) in [5.41, 5.74) is -0.532. The average Bonchev–Trinajstić information content (AvgIpc) is 2.53. The number of hydrogen-bond acceptors (Lipinski definition) is 3. The van der Waals surface area contributed by atoms with Crippen molar-refractivity contribution in [3.63, 3.8) is 0 Å². The van der Waals surface area contributed by atoms with Crippen LogP contribution in [0.5, 0.6) is 0 Å². The van der Waals surface area contributed by atoms with E-state index in [1.807, 2.05) is 0 Å². The zero-order chi connectivity index (χ0) is 17.0. The molecule has 1 aliphatic rings. The molecule has 0 aliphatic heterocycles. The van der Waals surface area contributed by atoms with Gasteiger partial charge in [0, 0.05) is 19.6 Å². The van der Waals surface area contributed by atoms with E-state index in [-0.39, 0.29) is 6.04 Å². The third kappa shape index (κ3) is 4.47. The van der Waals surface area contributed by atoms with Gasteiger partial charge in [0.25, 0.3) is 10.2 Å². The smallest absolute Gasteiger partial charge is 0.279 e. The van der Waals surface area contributed by atoms with Crippen molar-refractivity contribution in [1.82, 2.24) is 9.03 Å². The van der Waals surface area contributed by atoms with Crippen molar-refractivity contribution in [3.05, 3.63) is 35.4 Å². The van der Waals surface area contributed by atoms with Crippen LogP contribution in [0.25, 0.3) is 0 Å². The van der Waals surface area contributed by atoms with Crippen molar-refractivity contribution in [2.45, 2.75) is 44.2 Å². The molecule has 0 radical (unpaired) electrons. The summed E-state index contributed by atoms with van der Waals surface area (Å²) < 4.78 is 55.1. The summed E-state index contributed by atoms with van der Waals surface area (Å²) in [7, 11) is -2.33. The average molecular weight is 348 g/mol. The van der Waals surface area contributed by atoms with E-state index in [0.717, 1.165) is 44.2 Å². The monoisotopic (exact) mass is 348 g/mol. The molecule has 0 bridgehead atoms. The van der Waals surface area contributed by atoms with Crippen LogP contribution in [0.3, 0.4) is 0 Å². The van der Waals surface area contributed by atoms with Crippen molar-refractivity contribution in [2.75, 3.05) is 13.6 Å². The maximum atomic E-state index is 13.6. The Hall–Kier alpha value is -1.09. The van der Waals surface area contributed by atoms with Crippen molar-refractivity contribution in [3.8, 4) is 0 Å². The fraction of sp³-hybridized carbons (Fsp3) is 0.600. The van der Waals surface area contributed by atoms with Crippen molar-refractivity contribution >= 4 is 10.2 Å². The lowest BCUT2D eigenvalue weighted by Gasteiger charge is -2.30. The van der Waals surface area contributed by atoms with Gasteiger partial charge < -0.3 is 5.11 Å². The van der Waals surface area contributed by atoms with Crippen LogP contribution in [0.1, 0.15) is 43.8 Å². The van der Waals surface area contributed by atoms with Gasteiger partial charge >= 0.3 is 0 Å². The van der Waals surface area contributed by atoms with E-state index < -0.39 is 40.1 Å². The highest BCUT2D eigenvalue weighted by molar-refractivity contribution is 7.87. The molecule has 1 saturated carbocycles. The highest BCUT2D eigenvalue weighted by atomic mass is 32.2. The highest BCUT2D eigenvalue weighted by Gasteiger charge is 2.28. The summed E-state index contributed by atoms with van der Waals surface area (Å²) in [5.74, 6) is -1.81. The summed E-state index contributed by atoms with van der Waals surface area (Å²) in [6.07, 6.45) is 3.05. The lowest BCUT2D eigenvalue weighted by atomic mass is 9.96. The van der Waals surface area contributed by atoms with Crippen LogP contribution in [-0.4, -0.2) is 37.5 Å². The Morgan fingerprint density at radius 2 is 1.83 bits per heavy atom. The number of rotatable bonds is 6. The molecule has 1 aliphatic carbocycles. The van der Waals surface area contributed by atoms with Crippen LogP contribution >= 0.6 is 0 Å². The Morgan fingerprint density at radius 3 is 2.39 bits per heavy atom. The third-order valence-corrected chi connectivity index (χ3v) is 5.85. The summed E-state index contributed by atoms with van der Waals surface area (Å²) in [6, 6.07) is 3.14. The fourth-order valence-electron chi connectivity index (χ4n) is 2.86. The molecule has 130 valence electrons. The first-order valence-corrected chi connectivity index (χ1v) is 9.11. The van der Waals surface area contributed by atoms with E-state index in [9.17, 15) is 22.3 Å². The molecular formula is C15H22F2N2O3S. The molecule has 0 heterocycles. The van der Waals surface area contributed by atoms with Crippen molar-refractivity contribution < 1.29 is 22.3 Å². The normalized spacial score (nSPS) is 18.3. The molecule has 0 amide bonds. The molecule has 1 unspecified atom stereocenters. The summed E-state index contributed by atoms with van der Waals surface area (Å²) in [5, 5.41) is 9.91. The van der Waals surface area contributed by atoms with E-state index in [1.165, 1.54) is 17.4 Å². The van der Waals surface area contributed by atoms with Gasteiger partial charge in [0.2, 0.25) is 0 Å². The number of nitrogens with zero attached hydrogens (tertiary/aromatic N) is 1.